The zero-order valence-corrected chi connectivity index (χ0v) is 10.7. The van der Waals surface area contributed by atoms with Crippen molar-refractivity contribution in [3.8, 4) is 0 Å². The molecule has 0 bridgehead atoms. The first-order valence-electron chi connectivity index (χ1n) is 6.34. The summed E-state index contributed by atoms with van der Waals surface area (Å²) in [6.45, 7) is 6.32. The van der Waals surface area contributed by atoms with Crippen LogP contribution in [0.1, 0.15) is 49.9 Å². The number of rotatable bonds is 8. The fourth-order valence-electron chi connectivity index (χ4n) is 1.57. The summed E-state index contributed by atoms with van der Waals surface area (Å²) in [5, 5.41) is 0. The predicted molar refractivity (Wildman–Crippen MR) is 69.4 cm³/mol. The maximum Gasteiger partial charge on any atom is 0.225 e. The molecule has 0 aliphatic carbocycles. The van der Waals surface area contributed by atoms with E-state index in [1.165, 1.54) is 0 Å². The van der Waals surface area contributed by atoms with E-state index in [1.54, 1.807) is 12.4 Å². The van der Waals surface area contributed by atoms with Crippen molar-refractivity contribution in [2.75, 3.05) is 18.0 Å². The Balaban J connectivity index is 2.68. The van der Waals surface area contributed by atoms with Gasteiger partial charge in [-0.25, -0.2) is 9.97 Å². The molecule has 4 nitrogen and oxygen atoms in total. The standard InChI is InChI=1S/C13H21N3O/c1-3-5-7-16(8-6-4-2)13-14-9-12(11-17)10-15-13/h9-11H,3-8H2,1-2H3. The van der Waals surface area contributed by atoms with E-state index in [2.05, 4.69) is 28.7 Å². The number of unbranched alkanes of at least 4 members (excludes halogenated alkanes) is 2. The van der Waals surface area contributed by atoms with Gasteiger partial charge in [0, 0.05) is 25.5 Å². The monoisotopic (exact) mass is 235 g/mol. The van der Waals surface area contributed by atoms with Gasteiger partial charge in [-0.1, -0.05) is 26.7 Å². The zero-order chi connectivity index (χ0) is 12.5. The lowest BCUT2D eigenvalue weighted by Crippen LogP contribution is -2.27. The minimum Gasteiger partial charge on any atom is -0.341 e. The van der Waals surface area contributed by atoms with Crippen molar-refractivity contribution in [2.45, 2.75) is 39.5 Å². The third kappa shape index (κ3) is 4.51. The predicted octanol–water partition coefficient (Wildman–Crippen LogP) is 2.70. The average molecular weight is 235 g/mol. The van der Waals surface area contributed by atoms with Crippen LogP contribution >= 0.6 is 0 Å². The largest absolute Gasteiger partial charge is 0.341 e. The average Bonchev–Trinajstić information content (AvgIpc) is 2.39. The number of carbonyl (C=O) groups excluding carboxylic acids is 1. The van der Waals surface area contributed by atoms with Gasteiger partial charge in [-0.3, -0.25) is 4.79 Å². The number of aromatic nitrogens is 2. The molecule has 0 aromatic carbocycles. The smallest absolute Gasteiger partial charge is 0.225 e. The SMILES string of the molecule is CCCCN(CCCC)c1ncc(C=O)cn1. The highest BCUT2D eigenvalue weighted by Crippen LogP contribution is 2.09. The Bertz CT molecular complexity index is 316. The maximum atomic E-state index is 10.5. The number of aldehydes is 1. The van der Waals surface area contributed by atoms with Crippen molar-refractivity contribution in [1.29, 1.82) is 0 Å². The number of hydrogen-bond acceptors (Lipinski definition) is 4. The van der Waals surface area contributed by atoms with Crippen molar-refractivity contribution in [3.05, 3.63) is 18.0 Å². The van der Waals surface area contributed by atoms with Gasteiger partial charge in [0.2, 0.25) is 5.95 Å². The molecular formula is C13H21N3O. The number of hydrogen-bond donors (Lipinski definition) is 0. The first kappa shape index (κ1) is 13.6. The van der Waals surface area contributed by atoms with Crippen LogP contribution < -0.4 is 4.90 Å². The van der Waals surface area contributed by atoms with Crippen molar-refractivity contribution in [1.82, 2.24) is 9.97 Å². The fourth-order valence-corrected chi connectivity index (χ4v) is 1.57. The first-order chi connectivity index (χ1) is 8.31. The van der Waals surface area contributed by atoms with Gasteiger partial charge in [-0.2, -0.15) is 0 Å². The molecule has 0 spiro atoms. The second kappa shape index (κ2) is 7.76. The lowest BCUT2D eigenvalue weighted by Gasteiger charge is -2.21. The van der Waals surface area contributed by atoms with E-state index in [-0.39, 0.29) is 0 Å². The number of nitrogens with zero attached hydrogens (tertiary/aromatic N) is 3. The molecule has 94 valence electrons. The molecule has 0 aliphatic rings. The van der Waals surface area contributed by atoms with E-state index in [1.807, 2.05) is 0 Å². The molecule has 1 aromatic rings. The molecule has 0 fully saturated rings. The van der Waals surface area contributed by atoms with Crippen molar-refractivity contribution in [3.63, 3.8) is 0 Å². The van der Waals surface area contributed by atoms with Gasteiger partial charge >= 0.3 is 0 Å². The molecular weight excluding hydrogens is 214 g/mol. The van der Waals surface area contributed by atoms with Crippen LogP contribution in [0.15, 0.2) is 12.4 Å². The molecule has 4 heteroatoms. The van der Waals surface area contributed by atoms with Gasteiger partial charge in [-0.05, 0) is 12.8 Å². The van der Waals surface area contributed by atoms with Gasteiger partial charge in [0.1, 0.15) is 0 Å². The van der Waals surface area contributed by atoms with Crippen molar-refractivity contribution < 1.29 is 4.79 Å². The summed E-state index contributed by atoms with van der Waals surface area (Å²) in [7, 11) is 0. The molecule has 1 aromatic heterocycles. The van der Waals surface area contributed by atoms with E-state index >= 15 is 0 Å². The van der Waals surface area contributed by atoms with Crippen LogP contribution in [-0.2, 0) is 0 Å². The van der Waals surface area contributed by atoms with Gasteiger partial charge in [-0.15, -0.1) is 0 Å². The van der Waals surface area contributed by atoms with Gasteiger partial charge < -0.3 is 4.90 Å². The van der Waals surface area contributed by atoms with Crippen LogP contribution in [0.25, 0.3) is 0 Å². The summed E-state index contributed by atoms with van der Waals surface area (Å²) in [5.41, 5.74) is 0.527. The maximum absolute atomic E-state index is 10.5. The van der Waals surface area contributed by atoms with Crippen LogP contribution in [0.2, 0.25) is 0 Å². The van der Waals surface area contributed by atoms with Crippen molar-refractivity contribution in [2.24, 2.45) is 0 Å². The van der Waals surface area contributed by atoms with Crippen molar-refractivity contribution >= 4 is 12.2 Å². The highest BCUT2D eigenvalue weighted by Gasteiger charge is 2.08. The molecule has 0 radical (unpaired) electrons. The minimum absolute atomic E-state index is 0.527. The Labute approximate surface area is 103 Å². The molecule has 0 amide bonds. The molecule has 1 heterocycles. The minimum atomic E-state index is 0.527. The van der Waals surface area contributed by atoms with Crippen LogP contribution in [0, 0.1) is 0 Å². The molecule has 0 aliphatic heterocycles. The Hall–Kier alpha value is -1.45. The fraction of sp³-hybridized carbons (Fsp3) is 0.615. The van der Waals surface area contributed by atoms with Crippen LogP contribution in [0.4, 0.5) is 5.95 Å². The molecule has 0 unspecified atom stereocenters. The summed E-state index contributed by atoms with van der Waals surface area (Å²) in [6, 6.07) is 0. The molecule has 0 atom stereocenters. The normalized spacial score (nSPS) is 10.2. The molecule has 0 N–H and O–H groups in total. The second-order valence-electron chi connectivity index (χ2n) is 4.13. The van der Waals surface area contributed by atoms with E-state index in [9.17, 15) is 4.79 Å². The first-order valence-corrected chi connectivity index (χ1v) is 6.34. The number of carbonyl (C=O) groups is 1. The highest BCUT2D eigenvalue weighted by molar-refractivity contribution is 5.73. The van der Waals surface area contributed by atoms with E-state index in [0.29, 0.717) is 5.56 Å². The Morgan fingerprint density at radius 1 is 1.12 bits per heavy atom. The summed E-state index contributed by atoms with van der Waals surface area (Å²) in [5.74, 6) is 0.734. The number of anilines is 1. The summed E-state index contributed by atoms with van der Waals surface area (Å²) in [4.78, 5) is 21.2. The third-order valence-electron chi connectivity index (χ3n) is 2.64. The van der Waals surface area contributed by atoms with Gasteiger partial charge in [0.05, 0.1) is 5.56 Å². The Kier molecular flexibility index (Phi) is 6.22. The molecule has 0 saturated carbocycles. The van der Waals surface area contributed by atoms with Crippen LogP contribution in [0.3, 0.4) is 0 Å². The summed E-state index contributed by atoms with van der Waals surface area (Å²) in [6.07, 6.45) is 8.54. The topological polar surface area (TPSA) is 46.1 Å². The molecule has 1 rings (SSSR count). The van der Waals surface area contributed by atoms with E-state index < -0.39 is 0 Å². The molecule has 17 heavy (non-hydrogen) atoms. The van der Waals surface area contributed by atoms with Crippen LogP contribution in [0.5, 0.6) is 0 Å². The van der Waals surface area contributed by atoms with Gasteiger partial charge in [0.25, 0.3) is 0 Å². The third-order valence-corrected chi connectivity index (χ3v) is 2.64. The Morgan fingerprint density at radius 2 is 1.65 bits per heavy atom. The zero-order valence-electron chi connectivity index (χ0n) is 10.7. The second-order valence-corrected chi connectivity index (χ2v) is 4.13. The molecule has 0 saturated heterocycles. The highest BCUT2D eigenvalue weighted by atomic mass is 16.1. The van der Waals surface area contributed by atoms with E-state index in [4.69, 9.17) is 0 Å². The summed E-state index contributed by atoms with van der Waals surface area (Å²) >= 11 is 0. The van der Waals surface area contributed by atoms with E-state index in [0.717, 1.165) is 51.0 Å². The lowest BCUT2D eigenvalue weighted by atomic mass is 10.3. The Morgan fingerprint density at radius 3 is 2.06 bits per heavy atom. The lowest BCUT2D eigenvalue weighted by molar-refractivity contribution is 0.112. The quantitative estimate of drug-likeness (QED) is 0.650. The summed E-state index contributed by atoms with van der Waals surface area (Å²) < 4.78 is 0. The van der Waals surface area contributed by atoms with Gasteiger partial charge in [0.15, 0.2) is 6.29 Å². The van der Waals surface area contributed by atoms with Crippen LogP contribution in [-0.4, -0.2) is 29.3 Å².